The third-order valence-electron chi connectivity index (χ3n) is 2.95. The highest BCUT2D eigenvalue weighted by Gasteiger charge is 2.21. The topological polar surface area (TPSA) is 32.3 Å². The van der Waals surface area contributed by atoms with Crippen LogP contribution in [-0.4, -0.2) is 17.8 Å². The number of aliphatic hydroxyl groups is 1. The summed E-state index contributed by atoms with van der Waals surface area (Å²) in [5, 5.41) is 12.6. The van der Waals surface area contributed by atoms with Gasteiger partial charge >= 0.3 is 0 Å². The molecule has 1 fully saturated rings. The molecule has 0 bridgehead atoms. The van der Waals surface area contributed by atoms with E-state index in [9.17, 15) is 0 Å². The number of hydrogen-bond acceptors (Lipinski definition) is 2. The van der Waals surface area contributed by atoms with E-state index >= 15 is 0 Å². The van der Waals surface area contributed by atoms with Gasteiger partial charge in [-0.05, 0) is 37.0 Å². The quantitative estimate of drug-likeness (QED) is 0.865. The largest absolute Gasteiger partial charge is 0.395 e. The zero-order chi connectivity index (χ0) is 10.7. The smallest absolute Gasteiger partial charge is 0.0584 e. The molecule has 0 aliphatic carbocycles. The maximum Gasteiger partial charge on any atom is 0.0584 e. The van der Waals surface area contributed by atoms with Gasteiger partial charge < -0.3 is 10.4 Å². The standard InChI is InChI=1S/C12H16BrNO/c13-10-4-1-3-9(7-10)12-6-2-5-11(8-15)14-12/h1,3-4,7,11-12,14-15H,2,5-6,8H2. The average molecular weight is 270 g/mol. The zero-order valence-corrected chi connectivity index (χ0v) is 10.2. The van der Waals surface area contributed by atoms with Crippen LogP contribution in [0, 0.1) is 0 Å². The summed E-state index contributed by atoms with van der Waals surface area (Å²) in [7, 11) is 0. The van der Waals surface area contributed by atoms with Gasteiger partial charge in [0.15, 0.2) is 0 Å². The summed E-state index contributed by atoms with van der Waals surface area (Å²) in [5.41, 5.74) is 1.31. The van der Waals surface area contributed by atoms with Gasteiger partial charge in [-0.15, -0.1) is 0 Å². The van der Waals surface area contributed by atoms with Crippen molar-refractivity contribution >= 4 is 15.9 Å². The Hall–Kier alpha value is -0.380. The van der Waals surface area contributed by atoms with E-state index < -0.39 is 0 Å². The van der Waals surface area contributed by atoms with Gasteiger partial charge in [0.25, 0.3) is 0 Å². The number of benzene rings is 1. The molecule has 0 spiro atoms. The van der Waals surface area contributed by atoms with Crippen LogP contribution in [0.15, 0.2) is 28.7 Å². The number of rotatable bonds is 2. The predicted octanol–water partition coefficient (Wildman–Crippen LogP) is 2.62. The normalized spacial score (nSPS) is 26.5. The first kappa shape index (κ1) is 11.1. The van der Waals surface area contributed by atoms with Gasteiger partial charge in [-0.1, -0.05) is 28.1 Å². The van der Waals surface area contributed by atoms with Crippen molar-refractivity contribution in [2.24, 2.45) is 0 Å². The second-order valence-electron chi connectivity index (χ2n) is 4.08. The molecule has 2 nitrogen and oxygen atoms in total. The Bertz CT molecular complexity index is 329. The van der Waals surface area contributed by atoms with Gasteiger partial charge in [-0.2, -0.15) is 0 Å². The van der Waals surface area contributed by atoms with E-state index in [0.29, 0.717) is 6.04 Å². The Morgan fingerprint density at radius 3 is 3.00 bits per heavy atom. The van der Waals surface area contributed by atoms with Crippen molar-refractivity contribution in [1.29, 1.82) is 0 Å². The molecule has 0 saturated carbocycles. The number of halogens is 1. The summed E-state index contributed by atoms with van der Waals surface area (Å²) in [6.45, 7) is 0.241. The van der Waals surface area contributed by atoms with Crippen LogP contribution in [0.5, 0.6) is 0 Å². The molecule has 1 heterocycles. The van der Waals surface area contributed by atoms with Crippen molar-refractivity contribution < 1.29 is 5.11 Å². The minimum absolute atomic E-state index is 0.241. The summed E-state index contributed by atoms with van der Waals surface area (Å²) in [4.78, 5) is 0. The van der Waals surface area contributed by atoms with Crippen LogP contribution < -0.4 is 5.32 Å². The molecule has 1 aliphatic rings. The van der Waals surface area contributed by atoms with Crippen molar-refractivity contribution in [3.05, 3.63) is 34.3 Å². The summed E-state index contributed by atoms with van der Waals surface area (Å²) in [6.07, 6.45) is 3.43. The number of aliphatic hydroxyl groups excluding tert-OH is 1. The van der Waals surface area contributed by atoms with E-state index in [2.05, 4.69) is 39.4 Å². The second-order valence-corrected chi connectivity index (χ2v) is 5.00. The monoisotopic (exact) mass is 269 g/mol. The van der Waals surface area contributed by atoms with Crippen LogP contribution in [0.4, 0.5) is 0 Å². The van der Waals surface area contributed by atoms with Crippen molar-refractivity contribution in [3.63, 3.8) is 0 Å². The fraction of sp³-hybridized carbons (Fsp3) is 0.500. The molecule has 2 unspecified atom stereocenters. The summed E-state index contributed by atoms with van der Waals surface area (Å²) < 4.78 is 1.12. The maximum absolute atomic E-state index is 9.14. The third-order valence-corrected chi connectivity index (χ3v) is 3.45. The minimum Gasteiger partial charge on any atom is -0.395 e. The number of nitrogens with one attached hydrogen (secondary N) is 1. The van der Waals surface area contributed by atoms with Crippen LogP contribution in [0.25, 0.3) is 0 Å². The van der Waals surface area contributed by atoms with Gasteiger partial charge in [-0.3, -0.25) is 0 Å². The molecule has 3 heteroatoms. The van der Waals surface area contributed by atoms with E-state index in [1.165, 1.54) is 12.0 Å². The van der Waals surface area contributed by atoms with Crippen LogP contribution in [0.1, 0.15) is 30.9 Å². The highest BCUT2D eigenvalue weighted by atomic mass is 79.9. The minimum atomic E-state index is 0.241. The Morgan fingerprint density at radius 1 is 1.40 bits per heavy atom. The molecule has 1 aliphatic heterocycles. The van der Waals surface area contributed by atoms with Gasteiger partial charge in [0.1, 0.15) is 0 Å². The molecule has 1 saturated heterocycles. The Morgan fingerprint density at radius 2 is 2.27 bits per heavy atom. The first-order valence-corrected chi connectivity index (χ1v) is 6.21. The summed E-state index contributed by atoms with van der Waals surface area (Å²) in [5.74, 6) is 0. The first-order chi connectivity index (χ1) is 7.29. The lowest BCUT2D eigenvalue weighted by Gasteiger charge is -2.30. The molecule has 0 radical (unpaired) electrons. The highest BCUT2D eigenvalue weighted by Crippen LogP contribution is 2.27. The van der Waals surface area contributed by atoms with Crippen LogP contribution in [0.2, 0.25) is 0 Å². The lowest BCUT2D eigenvalue weighted by molar-refractivity contribution is 0.198. The van der Waals surface area contributed by atoms with Gasteiger partial charge in [0.2, 0.25) is 0 Å². The van der Waals surface area contributed by atoms with Crippen molar-refractivity contribution in [1.82, 2.24) is 5.32 Å². The zero-order valence-electron chi connectivity index (χ0n) is 8.62. The molecule has 1 aromatic carbocycles. The molecular weight excluding hydrogens is 254 g/mol. The molecule has 1 aromatic rings. The van der Waals surface area contributed by atoms with E-state index in [-0.39, 0.29) is 12.6 Å². The van der Waals surface area contributed by atoms with Crippen molar-refractivity contribution in [2.75, 3.05) is 6.61 Å². The first-order valence-electron chi connectivity index (χ1n) is 5.42. The Labute approximate surface area is 98.8 Å². The molecule has 0 aromatic heterocycles. The van der Waals surface area contributed by atoms with Gasteiger partial charge in [-0.25, -0.2) is 0 Å². The SMILES string of the molecule is OCC1CCCC(c2cccc(Br)c2)N1. The molecule has 82 valence electrons. The third kappa shape index (κ3) is 2.80. The maximum atomic E-state index is 9.14. The molecule has 0 amide bonds. The van der Waals surface area contributed by atoms with E-state index in [4.69, 9.17) is 5.11 Å². The molecule has 2 rings (SSSR count). The Kier molecular flexibility index (Phi) is 3.78. The van der Waals surface area contributed by atoms with E-state index in [1.807, 2.05) is 6.07 Å². The molecule has 15 heavy (non-hydrogen) atoms. The van der Waals surface area contributed by atoms with E-state index in [0.717, 1.165) is 17.3 Å². The fourth-order valence-corrected chi connectivity index (χ4v) is 2.57. The van der Waals surface area contributed by atoms with Crippen molar-refractivity contribution in [2.45, 2.75) is 31.3 Å². The number of hydrogen-bond donors (Lipinski definition) is 2. The fourth-order valence-electron chi connectivity index (χ4n) is 2.15. The van der Waals surface area contributed by atoms with Gasteiger partial charge in [0, 0.05) is 16.6 Å². The second kappa shape index (κ2) is 5.10. The Balaban J connectivity index is 2.09. The molecular formula is C12H16BrNO. The number of piperidine rings is 1. The van der Waals surface area contributed by atoms with Crippen LogP contribution >= 0.6 is 15.9 Å². The van der Waals surface area contributed by atoms with Crippen LogP contribution in [-0.2, 0) is 0 Å². The predicted molar refractivity (Wildman–Crippen MR) is 64.7 cm³/mol. The summed E-state index contributed by atoms with van der Waals surface area (Å²) in [6, 6.07) is 9.05. The van der Waals surface area contributed by atoms with Gasteiger partial charge in [0.05, 0.1) is 6.61 Å². The van der Waals surface area contributed by atoms with Crippen LogP contribution in [0.3, 0.4) is 0 Å². The highest BCUT2D eigenvalue weighted by molar-refractivity contribution is 9.10. The lowest BCUT2D eigenvalue weighted by atomic mass is 9.94. The summed E-state index contributed by atoms with van der Waals surface area (Å²) >= 11 is 3.48. The lowest BCUT2D eigenvalue weighted by Crippen LogP contribution is -2.39. The average Bonchev–Trinajstić information content (AvgIpc) is 2.29. The van der Waals surface area contributed by atoms with Crippen molar-refractivity contribution in [3.8, 4) is 0 Å². The molecule has 2 atom stereocenters. The molecule has 2 N–H and O–H groups in total. The van der Waals surface area contributed by atoms with E-state index in [1.54, 1.807) is 0 Å².